The van der Waals surface area contributed by atoms with Gasteiger partial charge in [-0.05, 0) is 57.1 Å². The van der Waals surface area contributed by atoms with E-state index >= 15 is 0 Å². The van der Waals surface area contributed by atoms with E-state index in [2.05, 4.69) is 22.9 Å². The maximum Gasteiger partial charge on any atom is 0.253 e. The molecule has 2 heterocycles. The van der Waals surface area contributed by atoms with E-state index in [1.54, 1.807) is 0 Å². The molecule has 0 radical (unpaired) electrons. The Labute approximate surface area is 150 Å². The number of benzene rings is 1. The van der Waals surface area contributed by atoms with Crippen LogP contribution in [0.25, 0.3) is 0 Å². The first-order valence-electron chi connectivity index (χ1n) is 9.24. The van der Waals surface area contributed by atoms with Crippen molar-refractivity contribution in [3.63, 3.8) is 0 Å². The molecule has 25 heavy (non-hydrogen) atoms. The van der Waals surface area contributed by atoms with Gasteiger partial charge in [-0.2, -0.15) is 5.26 Å². The number of likely N-dealkylation sites (tertiary alicyclic amines) is 2. The third kappa shape index (κ3) is 4.20. The van der Waals surface area contributed by atoms with Crippen molar-refractivity contribution in [2.45, 2.75) is 37.8 Å². The van der Waals surface area contributed by atoms with Gasteiger partial charge >= 0.3 is 0 Å². The van der Waals surface area contributed by atoms with E-state index < -0.39 is 0 Å². The van der Waals surface area contributed by atoms with Crippen LogP contribution in [-0.4, -0.2) is 73.0 Å². The smallest absolute Gasteiger partial charge is 0.253 e. The summed E-state index contributed by atoms with van der Waals surface area (Å²) in [6, 6.07) is 10.6. The van der Waals surface area contributed by atoms with Crippen LogP contribution in [-0.2, 0) is 6.42 Å². The lowest BCUT2D eigenvalue weighted by molar-refractivity contribution is 0.0721. The van der Waals surface area contributed by atoms with Crippen LogP contribution in [0.2, 0.25) is 0 Å². The number of carbonyl (C=O) groups excluding carboxylic acids is 1. The van der Waals surface area contributed by atoms with Crippen LogP contribution in [0.4, 0.5) is 0 Å². The number of hydrogen-bond acceptors (Lipinski definition) is 4. The van der Waals surface area contributed by atoms with Crippen LogP contribution in [0, 0.1) is 11.3 Å². The summed E-state index contributed by atoms with van der Waals surface area (Å²) < 4.78 is 0. The van der Waals surface area contributed by atoms with Gasteiger partial charge in [-0.1, -0.05) is 12.1 Å². The number of piperidine rings is 1. The molecule has 0 saturated carbocycles. The molecule has 1 aromatic carbocycles. The first-order valence-corrected chi connectivity index (χ1v) is 9.24. The molecular formula is C20H28N4O. The predicted molar refractivity (Wildman–Crippen MR) is 98.3 cm³/mol. The summed E-state index contributed by atoms with van der Waals surface area (Å²) in [6.45, 7) is 4.41. The highest BCUT2D eigenvalue weighted by Crippen LogP contribution is 2.24. The van der Waals surface area contributed by atoms with Crippen LogP contribution in [0.3, 0.4) is 0 Å². The molecule has 1 atom stereocenters. The van der Waals surface area contributed by atoms with Gasteiger partial charge in [0.25, 0.3) is 5.91 Å². The van der Waals surface area contributed by atoms with Crippen LogP contribution in [0.15, 0.2) is 24.3 Å². The van der Waals surface area contributed by atoms with Crippen molar-refractivity contribution in [1.29, 1.82) is 5.26 Å². The van der Waals surface area contributed by atoms with Crippen LogP contribution in [0.1, 0.15) is 35.2 Å². The van der Waals surface area contributed by atoms with Crippen molar-refractivity contribution >= 4 is 5.91 Å². The Morgan fingerprint density at radius 2 is 2.04 bits per heavy atom. The molecule has 2 aliphatic rings. The van der Waals surface area contributed by atoms with E-state index in [0.717, 1.165) is 25.1 Å². The number of nitrogens with zero attached hydrogens (tertiary/aromatic N) is 4. The summed E-state index contributed by atoms with van der Waals surface area (Å²) in [7, 11) is 4.11. The molecule has 5 heteroatoms. The van der Waals surface area contributed by atoms with E-state index in [4.69, 9.17) is 5.26 Å². The number of nitriles is 1. The van der Waals surface area contributed by atoms with Gasteiger partial charge < -0.3 is 9.80 Å². The average molecular weight is 340 g/mol. The van der Waals surface area contributed by atoms with Gasteiger partial charge in [-0.15, -0.1) is 0 Å². The minimum atomic E-state index is 0.0648. The number of likely N-dealkylation sites (N-methyl/N-ethyl adjacent to an activating group) is 1. The largest absolute Gasteiger partial charge is 0.337 e. The maximum atomic E-state index is 12.8. The minimum Gasteiger partial charge on any atom is -0.337 e. The summed E-state index contributed by atoms with van der Waals surface area (Å²) >= 11 is 0. The normalized spacial score (nSPS) is 22.7. The van der Waals surface area contributed by atoms with Crippen molar-refractivity contribution < 1.29 is 4.79 Å². The average Bonchev–Trinajstić information content (AvgIpc) is 3.12. The Balaban J connectivity index is 1.60. The van der Waals surface area contributed by atoms with Crippen molar-refractivity contribution in [2.24, 2.45) is 0 Å². The van der Waals surface area contributed by atoms with Crippen molar-refractivity contribution in [3.8, 4) is 6.07 Å². The number of amides is 1. The second-order valence-electron chi connectivity index (χ2n) is 7.42. The molecule has 0 aromatic heterocycles. The lowest BCUT2D eigenvalue weighted by atomic mass is 10.0. The van der Waals surface area contributed by atoms with Gasteiger partial charge in [0.2, 0.25) is 0 Å². The standard InChI is InChI=1S/C20H28N4O/c1-22-11-7-18(8-12-22)24-13-9-19(15-24)23(2)20(25)17-5-3-4-16(14-17)6-10-21/h3-5,14,18-19H,6-9,11-13,15H2,1-2H3/t19-/m0/s1. The van der Waals surface area contributed by atoms with E-state index in [1.807, 2.05) is 36.2 Å². The second-order valence-corrected chi connectivity index (χ2v) is 7.42. The third-order valence-corrected chi connectivity index (χ3v) is 5.72. The Bertz CT molecular complexity index is 645. The fraction of sp³-hybridized carbons (Fsp3) is 0.600. The molecule has 0 bridgehead atoms. The highest BCUT2D eigenvalue weighted by Gasteiger charge is 2.33. The Kier molecular flexibility index (Phi) is 5.72. The van der Waals surface area contributed by atoms with Crippen LogP contribution < -0.4 is 0 Å². The quantitative estimate of drug-likeness (QED) is 0.841. The highest BCUT2D eigenvalue weighted by molar-refractivity contribution is 5.94. The monoisotopic (exact) mass is 340 g/mol. The van der Waals surface area contributed by atoms with Crippen molar-refractivity contribution in [1.82, 2.24) is 14.7 Å². The first kappa shape index (κ1) is 17.9. The predicted octanol–water partition coefficient (Wildman–Crippen LogP) is 1.99. The van der Waals surface area contributed by atoms with Gasteiger partial charge in [0.15, 0.2) is 0 Å². The van der Waals surface area contributed by atoms with Gasteiger partial charge in [0.05, 0.1) is 12.5 Å². The minimum absolute atomic E-state index is 0.0648. The number of rotatable bonds is 4. The second kappa shape index (κ2) is 7.99. The SMILES string of the molecule is CN1CCC(N2CC[C@H](N(C)C(=O)c3cccc(CC#N)c3)C2)CC1. The van der Waals surface area contributed by atoms with E-state index in [1.165, 1.54) is 25.9 Å². The molecule has 0 aliphatic carbocycles. The molecule has 2 aliphatic heterocycles. The van der Waals surface area contributed by atoms with E-state index in [-0.39, 0.29) is 11.9 Å². The summed E-state index contributed by atoms with van der Waals surface area (Å²) in [6.07, 6.45) is 3.86. The fourth-order valence-corrected chi connectivity index (χ4v) is 4.05. The molecule has 2 saturated heterocycles. The van der Waals surface area contributed by atoms with Crippen LogP contribution in [0.5, 0.6) is 0 Å². The van der Waals surface area contributed by atoms with E-state index in [9.17, 15) is 4.79 Å². The fourth-order valence-electron chi connectivity index (χ4n) is 4.05. The number of hydrogen-bond donors (Lipinski definition) is 0. The summed E-state index contributed by atoms with van der Waals surface area (Å²) in [5.41, 5.74) is 1.59. The van der Waals surface area contributed by atoms with Crippen molar-refractivity contribution in [2.75, 3.05) is 40.3 Å². The van der Waals surface area contributed by atoms with Gasteiger partial charge in [-0.25, -0.2) is 0 Å². The molecule has 2 fully saturated rings. The third-order valence-electron chi connectivity index (χ3n) is 5.72. The molecule has 3 rings (SSSR count). The Hall–Kier alpha value is -1.90. The zero-order chi connectivity index (χ0) is 17.8. The van der Waals surface area contributed by atoms with Gasteiger partial charge in [0.1, 0.15) is 0 Å². The molecule has 1 amide bonds. The zero-order valence-electron chi connectivity index (χ0n) is 15.3. The molecule has 5 nitrogen and oxygen atoms in total. The van der Waals surface area contributed by atoms with Gasteiger partial charge in [-0.3, -0.25) is 9.69 Å². The summed E-state index contributed by atoms with van der Waals surface area (Å²) in [5, 5.41) is 8.85. The van der Waals surface area contributed by atoms with Gasteiger partial charge in [0, 0.05) is 37.8 Å². The maximum absolute atomic E-state index is 12.8. The van der Waals surface area contributed by atoms with Crippen LogP contribution >= 0.6 is 0 Å². The molecular weight excluding hydrogens is 312 g/mol. The molecule has 0 spiro atoms. The topological polar surface area (TPSA) is 50.6 Å². The molecule has 0 unspecified atom stereocenters. The van der Waals surface area contributed by atoms with E-state index in [0.29, 0.717) is 18.0 Å². The Morgan fingerprint density at radius 3 is 2.76 bits per heavy atom. The molecule has 134 valence electrons. The number of carbonyl (C=O) groups is 1. The lowest BCUT2D eigenvalue weighted by Gasteiger charge is -2.35. The zero-order valence-corrected chi connectivity index (χ0v) is 15.3. The highest BCUT2D eigenvalue weighted by atomic mass is 16.2. The lowest BCUT2D eigenvalue weighted by Crippen LogP contribution is -2.45. The molecule has 1 aromatic rings. The molecule has 0 N–H and O–H groups in total. The summed E-state index contributed by atoms with van der Waals surface area (Å²) in [4.78, 5) is 19.7. The summed E-state index contributed by atoms with van der Waals surface area (Å²) in [5.74, 6) is 0.0648. The first-order chi connectivity index (χ1) is 12.1. The Morgan fingerprint density at radius 1 is 1.28 bits per heavy atom. The van der Waals surface area contributed by atoms with Crippen molar-refractivity contribution in [3.05, 3.63) is 35.4 Å².